The largest absolute Gasteiger partial charge is 0.455 e. The fourth-order valence-electron chi connectivity index (χ4n) is 2.30. The number of carbonyl (C=O) groups is 2. The fraction of sp³-hybridized carbons (Fsp3) is 0.812. The highest BCUT2D eigenvalue weighted by atomic mass is 16.6. The third-order valence-electron chi connectivity index (χ3n) is 3.30. The minimum atomic E-state index is -1.00. The number of hydrogen-bond acceptors (Lipinski definition) is 7. The van der Waals surface area contributed by atoms with Crippen molar-refractivity contribution >= 4 is 11.9 Å². The predicted molar refractivity (Wildman–Crippen MR) is 81.0 cm³/mol. The zero-order chi connectivity index (χ0) is 17.6. The van der Waals surface area contributed by atoms with Crippen LogP contribution in [0.5, 0.6) is 0 Å². The Bertz CT molecular complexity index is 358. The molecule has 0 amide bonds. The van der Waals surface area contributed by atoms with E-state index < -0.39 is 43.5 Å². The summed E-state index contributed by atoms with van der Waals surface area (Å²) in [6.45, 7) is 6.61. The molecule has 0 aromatic carbocycles. The number of aliphatic hydroxyl groups is 2. The first-order valence-corrected chi connectivity index (χ1v) is 7.91. The van der Waals surface area contributed by atoms with Gasteiger partial charge in [-0.15, -0.1) is 0 Å². The summed E-state index contributed by atoms with van der Waals surface area (Å²) in [5, 5.41) is 18.8. The summed E-state index contributed by atoms with van der Waals surface area (Å²) in [6.07, 6.45) is -2.32. The van der Waals surface area contributed by atoms with Crippen molar-refractivity contribution in [1.29, 1.82) is 0 Å². The van der Waals surface area contributed by atoms with E-state index in [9.17, 15) is 19.8 Å². The molecular weight excluding hydrogens is 304 g/mol. The van der Waals surface area contributed by atoms with Gasteiger partial charge in [-0.1, -0.05) is 27.7 Å². The van der Waals surface area contributed by atoms with E-state index in [0.717, 1.165) is 0 Å². The lowest BCUT2D eigenvalue weighted by Gasteiger charge is -2.24. The Labute approximate surface area is 136 Å². The topological polar surface area (TPSA) is 102 Å². The molecule has 0 unspecified atom stereocenters. The summed E-state index contributed by atoms with van der Waals surface area (Å²) in [5.74, 6) is -0.710. The summed E-state index contributed by atoms with van der Waals surface area (Å²) in [6, 6.07) is 0. The second kappa shape index (κ2) is 9.20. The van der Waals surface area contributed by atoms with Gasteiger partial charge in [-0.3, -0.25) is 9.59 Å². The molecule has 2 N–H and O–H groups in total. The van der Waals surface area contributed by atoms with Crippen LogP contribution >= 0.6 is 0 Å². The van der Waals surface area contributed by atoms with E-state index in [4.69, 9.17) is 14.2 Å². The molecule has 1 saturated heterocycles. The molecule has 1 fully saturated rings. The third-order valence-corrected chi connectivity index (χ3v) is 3.30. The van der Waals surface area contributed by atoms with Gasteiger partial charge in [0.1, 0.15) is 6.10 Å². The lowest BCUT2D eigenvalue weighted by Crippen LogP contribution is -2.40. The van der Waals surface area contributed by atoms with Crippen LogP contribution in [0.25, 0.3) is 0 Å². The summed E-state index contributed by atoms with van der Waals surface area (Å²) < 4.78 is 16.0. The average molecular weight is 331 g/mol. The Morgan fingerprint density at radius 1 is 1.04 bits per heavy atom. The van der Waals surface area contributed by atoms with Gasteiger partial charge in [-0.25, -0.2) is 0 Å². The molecule has 1 radical (unpaired) electrons. The molecule has 0 aliphatic carbocycles. The van der Waals surface area contributed by atoms with Gasteiger partial charge in [-0.2, -0.15) is 0 Å². The van der Waals surface area contributed by atoms with Crippen molar-refractivity contribution in [3.8, 4) is 0 Å². The minimum Gasteiger partial charge on any atom is -0.455 e. The highest BCUT2D eigenvalue weighted by Crippen LogP contribution is 2.32. The van der Waals surface area contributed by atoms with E-state index in [1.54, 1.807) is 0 Å². The summed E-state index contributed by atoms with van der Waals surface area (Å²) in [7, 11) is 0. The van der Waals surface area contributed by atoms with Gasteiger partial charge in [0.15, 0.2) is 18.3 Å². The molecule has 0 aromatic heterocycles. The first kappa shape index (κ1) is 19.9. The molecule has 1 heterocycles. The van der Waals surface area contributed by atoms with Crippen LogP contribution in [-0.4, -0.2) is 53.7 Å². The smallest absolute Gasteiger partial charge is 0.306 e. The predicted octanol–water partition coefficient (Wildman–Crippen LogP) is 0.818. The average Bonchev–Trinajstić information content (AvgIpc) is 2.74. The Hall–Kier alpha value is -1.18. The van der Waals surface area contributed by atoms with Gasteiger partial charge >= 0.3 is 11.9 Å². The number of ether oxygens (including phenoxy) is 3. The second-order valence-corrected chi connectivity index (χ2v) is 6.52. The van der Waals surface area contributed by atoms with Crippen molar-refractivity contribution < 1.29 is 34.0 Å². The molecule has 1 rings (SSSR count). The molecule has 0 bridgehead atoms. The Balaban J connectivity index is 2.81. The summed E-state index contributed by atoms with van der Waals surface area (Å²) >= 11 is 0. The van der Waals surface area contributed by atoms with E-state index >= 15 is 0 Å². The van der Waals surface area contributed by atoms with Gasteiger partial charge in [-0.05, 0) is 11.8 Å². The SMILES string of the molecule is CC(C)CC(=O)O[C@H]1[C@H](OC(=O)CC(C)C)[C](CO)O[C@@H]1CO. The molecular formula is C16H27O7. The lowest BCUT2D eigenvalue weighted by molar-refractivity contribution is -0.167. The van der Waals surface area contributed by atoms with Crippen molar-refractivity contribution in [2.45, 2.75) is 58.8 Å². The van der Waals surface area contributed by atoms with Crippen LogP contribution < -0.4 is 0 Å². The monoisotopic (exact) mass is 331 g/mol. The van der Waals surface area contributed by atoms with Crippen LogP contribution in [0, 0.1) is 17.9 Å². The van der Waals surface area contributed by atoms with E-state index in [1.165, 1.54) is 0 Å². The van der Waals surface area contributed by atoms with Crippen LogP contribution in [0.3, 0.4) is 0 Å². The summed E-state index contributed by atoms with van der Waals surface area (Å²) in [5.41, 5.74) is 0. The Morgan fingerprint density at radius 3 is 2.00 bits per heavy atom. The number of rotatable bonds is 8. The number of hydrogen-bond donors (Lipinski definition) is 2. The highest BCUT2D eigenvalue weighted by molar-refractivity contribution is 5.71. The van der Waals surface area contributed by atoms with Crippen LogP contribution in [0.2, 0.25) is 0 Å². The first-order chi connectivity index (χ1) is 10.8. The quantitative estimate of drug-likeness (QED) is 0.635. The van der Waals surface area contributed by atoms with Crippen molar-refractivity contribution in [1.82, 2.24) is 0 Å². The van der Waals surface area contributed by atoms with Crippen molar-refractivity contribution in [2.24, 2.45) is 11.8 Å². The van der Waals surface area contributed by atoms with E-state index in [0.29, 0.717) is 0 Å². The van der Waals surface area contributed by atoms with Gasteiger partial charge in [0.25, 0.3) is 0 Å². The minimum absolute atomic E-state index is 0.0866. The number of esters is 2. The molecule has 133 valence electrons. The molecule has 7 nitrogen and oxygen atoms in total. The molecule has 7 heteroatoms. The number of aliphatic hydroxyl groups excluding tert-OH is 2. The second-order valence-electron chi connectivity index (χ2n) is 6.52. The molecule has 0 aromatic rings. The number of carbonyl (C=O) groups excluding carboxylic acids is 2. The zero-order valence-corrected chi connectivity index (χ0v) is 14.2. The van der Waals surface area contributed by atoms with Crippen molar-refractivity contribution in [2.75, 3.05) is 13.2 Å². The van der Waals surface area contributed by atoms with Gasteiger partial charge in [0.05, 0.1) is 13.2 Å². The normalized spacial score (nSPS) is 25.1. The fourth-order valence-corrected chi connectivity index (χ4v) is 2.30. The maximum Gasteiger partial charge on any atom is 0.306 e. The molecule has 3 atom stereocenters. The van der Waals surface area contributed by atoms with E-state index in [1.807, 2.05) is 27.7 Å². The van der Waals surface area contributed by atoms with Crippen LogP contribution in [-0.2, 0) is 23.8 Å². The van der Waals surface area contributed by atoms with Crippen LogP contribution in [0.15, 0.2) is 0 Å². The molecule has 1 aliphatic heterocycles. The van der Waals surface area contributed by atoms with Crippen molar-refractivity contribution in [3.63, 3.8) is 0 Å². The maximum absolute atomic E-state index is 11.9. The molecule has 0 spiro atoms. The Morgan fingerprint density at radius 2 is 1.57 bits per heavy atom. The molecule has 0 saturated carbocycles. The zero-order valence-electron chi connectivity index (χ0n) is 14.2. The van der Waals surface area contributed by atoms with E-state index in [-0.39, 0.29) is 30.8 Å². The first-order valence-electron chi connectivity index (χ1n) is 7.91. The summed E-state index contributed by atoms with van der Waals surface area (Å²) in [4.78, 5) is 23.8. The highest BCUT2D eigenvalue weighted by Gasteiger charge is 2.49. The molecule has 1 aliphatic rings. The van der Waals surface area contributed by atoms with Crippen LogP contribution in [0.4, 0.5) is 0 Å². The molecule has 23 heavy (non-hydrogen) atoms. The van der Waals surface area contributed by atoms with Crippen LogP contribution in [0.1, 0.15) is 40.5 Å². The van der Waals surface area contributed by atoms with Crippen molar-refractivity contribution in [3.05, 3.63) is 6.10 Å². The maximum atomic E-state index is 11.9. The third kappa shape index (κ3) is 6.08. The van der Waals surface area contributed by atoms with Gasteiger partial charge in [0.2, 0.25) is 0 Å². The van der Waals surface area contributed by atoms with Gasteiger partial charge < -0.3 is 24.4 Å². The standard InChI is InChI=1S/C16H27O7/c1-9(2)5-13(19)22-15-11(7-17)21-12(8-18)16(15)23-14(20)6-10(3)4/h9-11,15-18H,5-8H2,1-4H3/t11-,15-,16-/m1/s1. The Kier molecular flexibility index (Phi) is 7.94. The van der Waals surface area contributed by atoms with E-state index in [2.05, 4.69) is 0 Å². The van der Waals surface area contributed by atoms with Gasteiger partial charge in [0, 0.05) is 12.8 Å². The lowest BCUT2D eigenvalue weighted by atomic mass is 10.1.